The second-order valence-electron chi connectivity index (χ2n) is 7.05. The Labute approximate surface area is 169 Å². The van der Waals surface area contributed by atoms with Crippen LogP contribution < -0.4 is 11.1 Å². The largest absolute Gasteiger partial charge is 0.467 e. The molecule has 4 aromatic rings. The summed E-state index contributed by atoms with van der Waals surface area (Å²) in [6, 6.07) is 11.7. The van der Waals surface area contributed by atoms with E-state index in [4.69, 9.17) is 4.74 Å². The maximum atomic E-state index is 13.0. The van der Waals surface area contributed by atoms with Crippen LogP contribution in [-0.2, 0) is 9.53 Å². The Kier molecular flexibility index (Phi) is 4.79. The number of nitrogens with one attached hydrogen (secondary N) is 1. The lowest BCUT2D eigenvalue weighted by Gasteiger charge is -2.18. The van der Waals surface area contributed by atoms with Crippen molar-refractivity contribution in [2.24, 2.45) is 5.92 Å². The molecule has 1 unspecified atom stereocenters. The van der Waals surface area contributed by atoms with Crippen LogP contribution in [0.25, 0.3) is 32.4 Å². The molecule has 0 spiro atoms. The fraction of sp³-hybridized carbons (Fsp3) is 0.238. The monoisotopic (exact) mass is 409 g/mol. The molecule has 1 N–H and O–H groups in total. The van der Waals surface area contributed by atoms with E-state index in [-0.39, 0.29) is 22.7 Å². The molecular formula is C21H19N3O4S. The summed E-state index contributed by atoms with van der Waals surface area (Å²) in [5.74, 6) is -0.615. The Morgan fingerprint density at radius 3 is 2.62 bits per heavy atom. The molecule has 0 aliphatic rings. The molecule has 4 rings (SSSR count). The van der Waals surface area contributed by atoms with Crippen molar-refractivity contribution in [1.29, 1.82) is 0 Å². The summed E-state index contributed by atoms with van der Waals surface area (Å²) >= 11 is 1.15. The lowest BCUT2D eigenvalue weighted by Crippen LogP contribution is -2.30. The predicted octanol–water partition coefficient (Wildman–Crippen LogP) is 3.34. The van der Waals surface area contributed by atoms with E-state index in [1.807, 2.05) is 32.0 Å². The van der Waals surface area contributed by atoms with E-state index >= 15 is 0 Å². The minimum atomic E-state index is -0.736. The molecule has 1 atom stereocenters. The topological polar surface area (TPSA) is 94.1 Å². The fourth-order valence-electron chi connectivity index (χ4n) is 3.40. The number of rotatable bonds is 4. The van der Waals surface area contributed by atoms with E-state index in [2.05, 4.69) is 9.97 Å². The quantitative estimate of drug-likeness (QED) is 0.522. The van der Waals surface area contributed by atoms with Crippen LogP contribution in [0, 0.1) is 5.92 Å². The first-order valence-electron chi connectivity index (χ1n) is 9.14. The second-order valence-corrected chi connectivity index (χ2v) is 8.03. The molecule has 2 aromatic heterocycles. The van der Waals surface area contributed by atoms with Crippen molar-refractivity contribution >= 4 is 38.6 Å². The lowest BCUT2D eigenvalue weighted by atomic mass is 10.1. The van der Waals surface area contributed by atoms with E-state index in [9.17, 15) is 14.4 Å². The van der Waals surface area contributed by atoms with E-state index in [1.54, 1.807) is 24.3 Å². The molecule has 0 bridgehead atoms. The number of hydrogen-bond donors (Lipinski definition) is 1. The highest BCUT2D eigenvalue weighted by Crippen LogP contribution is 2.31. The summed E-state index contributed by atoms with van der Waals surface area (Å²) < 4.78 is 6.94. The summed E-state index contributed by atoms with van der Waals surface area (Å²) in [5, 5.41) is 0.441. The first-order valence-corrected chi connectivity index (χ1v) is 9.91. The maximum Gasteiger partial charge on any atom is 0.330 e. The number of carbonyl (C=O) groups excluding carboxylic acids is 1. The van der Waals surface area contributed by atoms with Crippen LogP contribution in [0.4, 0.5) is 0 Å². The number of aromatic nitrogens is 3. The lowest BCUT2D eigenvalue weighted by molar-refractivity contribution is -0.145. The molecule has 8 heteroatoms. The van der Waals surface area contributed by atoms with Crippen molar-refractivity contribution in [1.82, 2.24) is 13.9 Å². The van der Waals surface area contributed by atoms with Gasteiger partial charge in [0.2, 0.25) is 0 Å². The molecule has 0 saturated heterocycles. The van der Waals surface area contributed by atoms with Gasteiger partial charge < -0.3 is 9.72 Å². The number of benzene rings is 2. The minimum Gasteiger partial charge on any atom is -0.467 e. The zero-order valence-electron chi connectivity index (χ0n) is 16.1. The van der Waals surface area contributed by atoms with E-state index in [1.165, 1.54) is 11.1 Å². The highest BCUT2D eigenvalue weighted by molar-refractivity contribution is 7.14. The number of carbonyl (C=O) groups is 1. The molecule has 0 fully saturated rings. The Hall–Kier alpha value is -3.26. The van der Waals surface area contributed by atoms with Crippen molar-refractivity contribution in [3.8, 4) is 11.3 Å². The first-order chi connectivity index (χ1) is 13.9. The fourth-order valence-corrected chi connectivity index (χ4v) is 4.74. The van der Waals surface area contributed by atoms with Crippen molar-refractivity contribution in [3.05, 3.63) is 63.2 Å². The van der Waals surface area contributed by atoms with Gasteiger partial charge in [0.05, 0.1) is 28.2 Å². The smallest absolute Gasteiger partial charge is 0.330 e. The van der Waals surface area contributed by atoms with Gasteiger partial charge in [-0.25, -0.2) is 13.7 Å². The number of fused-ring (bicyclic) bond motifs is 2. The van der Waals surface area contributed by atoms with Crippen molar-refractivity contribution in [3.63, 3.8) is 0 Å². The number of hydrogen-bond acceptors (Lipinski definition) is 6. The van der Waals surface area contributed by atoms with Gasteiger partial charge in [-0.1, -0.05) is 49.6 Å². The Morgan fingerprint density at radius 2 is 1.90 bits per heavy atom. The van der Waals surface area contributed by atoms with Crippen molar-refractivity contribution < 1.29 is 9.53 Å². The summed E-state index contributed by atoms with van der Waals surface area (Å²) in [6.07, 6.45) is 0. The number of nitrogens with zero attached hydrogens (tertiary/aromatic N) is 2. The van der Waals surface area contributed by atoms with Gasteiger partial charge >= 0.3 is 5.97 Å². The molecule has 2 heterocycles. The SMILES string of the molecule is COC(=O)C(C(C)C)n1sc2c(-c3nc4ccccc4[nH]c3=O)cccc2c1=O. The van der Waals surface area contributed by atoms with Crippen LogP contribution in [0.15, 0.2) is 52.1 Å². The zero-order valence-corrected chi connectivity index (χ0v) is 16.9. The highest BCUT2D eigenvalue weighted by Gasteiger charge is 2.29. The Bertz CT molecular complexity index is 1350. The highest BCUT2D eigenvalue weighted by atomic mass is 32.1. The molecule has 0 aliphatic carbocycles. The number of methoxy groups -OCH3 is 1. The van der Waals surface area contributed by atoms with Crippen LogP contribution >= 0.6 is 11.5 Å². The number of H-pyrrole nitrogens is 1. The summed E-state index contributed by atoms with van der Waals surface area (Å²) in [7, 11) is 1.31. The maximum absolute atomic E-state index is 13.0. The van der Waals surface area contributed by atoms with E-state index in [0.29, 0.717) is 26.7 Å². The van der Waals surface area contributed by atoms with Gasteiger partial charge in [0.1, 0.15) is 11.7 Å². The van der Waals surface area contributed by atoms with E-state index in [0.717, 1.165) is 11.5 Å². The molecule has 0 saturated carbocycles. The average molecular weight is 409 g/mol. The third kappa shape index (κ3) is 3.15. The number of esters is 1. The summed E-state index contributed by atoms with van der Waals surface area (Å²) in [5.41, 5.74) is 1.47. The molecular weight excluding hydrogens is 390 g/mol. The molecule has 0 aliphatic heterocycles. The number of aromatic amines is 1. The molecule has 0 amide bonds. The standard InChI is InChI=1S/C21H19N3O4S/c1-11(2)17(21(27)28-3)24-20(26)13-8-6-7-12(18(13)29-24)16-19(25)23-15-10-5-4-9-14(15)22-16/h4-11,17H,1-3H3,(H,23,25). The van der Waals surface area contributed by atoms with Crippen LogP contribution in [0.2, 0.25) is 0 Å². The average Bonchev–Trinajstić information content (AvgIpc) is 3.03. The van der Waals surface area contributed by atoms with Crippen LogP contribution in [0.1, 0.15) is 19.9 Å². The molecule has 7 nitrogen and oxygen atoms in total. The molecule has 29 heavy (non-hydrogen) atoms. The third-order valence-corrected chi connectivity index (χ3v) is 6.03. The van der Waals surface area contributed by atoms with Gasteiger partial charge in [0, 0.05) is 5.56 Å². The van der Waals surface area contributed by atoms with Gasteiger partial charge in [0.15, 0.2) is 0 Å². The normalized spacial score (nSPS) is 12.6. The van der Waals surface area contributed by atoms with Crippen LogP contribution in [0.5, 0.6) is 0 Å². The Balaban J connectivity index is 1.99. The van der Waals surface area contributed by atoms with Crippen molar-refractivity contribution in [2.45, 2.75) is 19.9 Å². The minimum absolute atomic E-state index is 0.140. The predicted molar refractivity (Wildman–Crippen MR) is 113 cm³/mol. The van der Waals surface area contributed by atoms with Gasteiger partial charge in [-0.3, -0.25) is 9.59 Å². The van der Waals surface area contributed by atoms with Gasteiger partial charge in [-0.15, -0.1) is 0 Å². The molecule has 2 aromatic carbocycles. The second kappa shape index (κ2) is 7.29. The number of para-hydroxylation sites is 2. The van der Waals surface area contributed by atoms with Gasteiger partial charge in [0.25, 0.3) is 11.1 Å². The molecule has 148 valence electrons. The van der Waals surface area contributed by atoms with Crippen LogP contribution in [-0.4, -0.2) is 27.0 Å². The molecule has 0 radical (unpaired) electrons. The van der Waals surface area contributed by atoms with Crippen molar-refractivity contribution in [2.75, 3.05) is 7.11 Å². The number of ether oxygens (including phenoxy) is 1. The Morgan fingerprint density at radius 1 is 1.14 bits per heavy atom. The summed E-state index contributed by atoms with van der Waals surface area (Å²) in [4.78, 5) is 45.4. The van der Waals surface area contributed by atoms with Gasteiger partial charge in [-0.05, 0) is 24.1 Å². The summed E-state index contributed by atoms with van der Waals surface area (Å²) in [6.45, 7) is 3.71. The van der Waals surface area contributed by atoms with Crippen LogP contribution in [0.3, 0.4) is 0 Å². The first kappa shape index (κ1) is 19.1. The third-order valence-electron chi connectivity index (χ3n) is 4.82. The van der Waals surface area contributed by atoms with Gasteiger partial charge in [-0.2, -0.15) is 0 Å². The van der Waals surface area contributed by atoms with E-state index < -0.39 is 12.0 Å². The zero-order chi connectivity index (χ0) is 20.7.